The number of carbonyl (C=O) groups is 1. The van der Waals surface area contributed by atoms with Gasteiger partial charge in [-0.3, -0.25) is 14.7 Å². The van der Waals surface area contributed by atoms with Crippen LogP contribution in [-0.4, -0.2) is 59.6 Å². The van der Waals surface area contributed by atoms with E-state index >= 15 is 0 Å². The number of aromatic nitrogens is 1. The summed E-state index contributed by atoms with van der Waals surface area (Å²) in [4.78, 5) is 21.1. The molecule has 2 aromatic heterocycles. The molecule has 2 saturated heterocycles. The van der Waals surface area contributed by atoms with Crippen molar-refractivity contribution in [1.29, 1.82) is 0 Å². The third kappa shape index (κ3) is 3.91. The Bertz CT molecular complexity index is 689. The van der Waals surface area contributed by atoms with Gasteiger partial charge in [0, 0.05) is 44.0 Å². The van der Waals surface area contributed by atoms with Gasteiger partial charge in [-0.05, 0) is 24.3 Å². The summed E-state index contributed by atoms with van der Waals surface area (Å²) in [5, 5.41) is 0. The van der Waals surface area contributed by atoms with E-state index in [4.69, 9.17) is 9.15 Å². The molecule has 0 bridgehead atoms. The van der Waals surface area contributed by atoms with E-state index in [0.29, 0.717) is 25.5 Å². The Morgan fingerprint density at radius 2 is 2.16 bits per heavy atom. The molecule has 0 aliphatic carbocycles. The number of pyridine rings is 1. The Kier molecular flexibility index (Phi) is 4.81. The molecule has 2 atom stereocenters. The Morgan fingerprint density at radius 1 is 1.20 bits per heavy atom. The first-order valence-corrected chi connectivity index (χ1v) is 8.82. The van der Waals surface area contributed by atoms with Crippen LogP contribution in [0.3, 0.4) is 0 Å². The van der Waals surface area contributed by atoms with E-state index in [9.17, 15) is 4.79 Å². The van der Waals surface area contributed by atoms with E-state index in [1.807, 2.05) is 35.2 Å². The van der Waals surface area contributed by atoms with Crippen LogP contribution in [0.1, 0.15) is 11.5 Å². The molecule has 0 N–H and O–H groups in total. The summed E-state index contributed by atoms with van der Waals surface area (Å²) in [6, 6.07) is 9.59. The fraction of sp³-hybridized carbons (Fsp3) is 0.474. The van der Waals surface area contributed by atoms with E-state index in [1.54, 1.807) is 12.5 Å². The SMILES string of the molecule is O=C(Cc1ccccn1)N1C[C@H]2CN(Cc3ccco3)CCO[C@H]2C1. The average Bonchev–Trinajstić information content (AvgIpc) is 3.22. The van der Waals surface area contributed by atoms with Crippen LogP contribution in [0.2, 0.25) is 0 Å². The number of likely N-dealkylation sites (tertiary alicyclic amines) is 1. The number of hydrogen-bond acceptors (Lipinski definition) is 5. The molecule has 132 valence electrons. The molecule has 0 saturated carbocycles. The van der Waals surface area contributed by atoms with Crippen LogP contribution >= 0.6 is 0 Å². The maximum atomic E-state index is 12.6. The predicted molar refractivity (Wildman–Crippen MR) is 91.7 cm³/mol. The molecule has 0 spiro atoms. The van der Waals surface area contributed by atoms with Crippen LogP contribution in [0.5, 0.6) is 0 Å². The summed E-state index contributed by atoms with van der Waals surface area (Å²) < 4.78 is 11.5. The van der Waals surface area contributed by atoms with Crippen LogP contribution in [0.15, 0.2) is 47.2 Å². The van der Waals surface area contributed by atoms with Gasteiger partial charge in [-0.1, -0.05) is 6.07 Å². The highest BCUT2D eigenvalue weighted by Gasteiger charge is 2.38. The van der Waals surface area contributed by atoms with Gasteiger partial charge >= 0.3 is 0 Å². The van der Waals surface area contributed by atoms with Gasteiger partial charge in [0.25, 0.3) is 0 Å². The van der Waals surface area contributed by atoms with Crippen molar-refractivity contribution < 1.29 is 13.9 Å². The predicted octanol–water partition coefficient (Wildman–Crippen LogP) is 1.58. The number of fused-ring (bicyclic) bond motifs is 1. The van der Waals surface area contributed by atoms with Crippen molar-refractivity contribution >= 4 is 5.91 Å². The lowest BCUT2D eigenvalue weighted by Crippen LogP contribution is -2.34. The van der Waals surface area contributed by atoms with Gasteiger partial charge in [0.2, 0.25) is 5.91 Å². The molecule has 6 heteroatoms. The van der Waals surface area contributed by atoms with E-state index in [0.717, 1.165) is 37.6 Å². The first kappa shape index (κ1) is 16.3. The molecule has 2 aliphatic rings. The maximum absolute atomic E-state index is 12.6. The highest BCUT2D eigenvalue weighted by molar-refractivity contribution is 5.78. The maximum Gasteiger partial charge on any atom is 0.228 e. The second kappa shape index (κ2) is 7.37. The van der Waals surface area contributed by atoms with Gasteiger partial charge in [-0.15, -0.1) is 0 Å². The van der Waals surface area contributed by atoms with Crippen molar-refractivity contribution in [1.82, 2.24) is 14.8 Å². The van der Waals surface area contributed by atoms with Crippen LogP contribution in [0.4, 0.5) is 0 Å². The molecule has 0 aromatic carbocycles. The zero-order valence-corrected chi connectivity index (χ0v) is 14.2. The molecular weight excluding hydrogens is 318 g/mol. The van der Waals surface area contributed by atoms with Gasteiger partial charge < -0.3 is 14.1 Å². The Labute approximate surface area is 147 Å². The summed E-state index contributed by atoms with van der Waals surface area (Å²) in [5.41, 5.74) is 0.819. The zero-order chi connectivity index (χ0) is 17.1. The van der Waals surface area contributed by atoms with Gasteiger partial charge in [-0.2, -0.15) is 0 Å². The minimum Gasteiger partial charge on any atom is -0.468 e. The number of amides is 1. The Balaban J connectivity index is 1.36. The fourth-order valence-electron chi connectivity index (χ4n) is 3.70. The summed E-state index contributed by atoms with van der Waals surface area (Å²) in [6.45, 7) is 4.76. The summed E-state index contributed by atoms with van der Waals surface area (Å²) in [6.07, 6.45) is 3.93. The zero-order valence-electron chi connectivity index (χ0n) is 14.2. The van der Waals surface area contributed by atoms with Gasteiger partial charge in [0.15, 0.2) is 0 Å². The highest BCUT2D eigenvalue weighted by atomic mass is 16.5. The van der Waals surface area contributed by atoms with Crippen molar-refractivity contribution in [3.63, 3.8) is 0 Å². The fourth-order valence-corrected chi connectivity index (χ4v) is 3.70. The largest absolute Gasteiger partial charge is 0.468 e. The van der Waals surface area contributed by atoms with E-state index in [1.165, 1.54) is 0 Å². The Hall–Kier alpha value is -2.18. The quantitative estimate of drug-likeness (QED) is 0.845. The third-order valence-corrected chi connectivity index (χ3v) is 4.98. The van der Waals surface area contributed by atoms with Gasteiger partial charge in [0.1, 0.15) is 5.76 Å². The number of carbonyl (C=O) groups excluding carboxylic acids is 1. The molecule has 0 radical (unpaired) electrons. The molecule has 0 unspecified atom stereocenters. The second-order valence-electron chi connectivity index (χ2n) is 6.78. The third-order valence-electron chi connectivity index (χ3n) is 4.98. The lowest BCUT2D eigenvalue weighted by molar-refractivity contribution is -0.130. The van der Waals surface area contributed by atoms with Gasteiger partial charge in [-0.25, -0.2) is 0 Å². The number of nitrogens with zero attached hydrogens (tertiary/aromatic N) is 3. The van der Waals surface area contributed by atoms with Crippen molar-refractivity contribution in [3.05, 3.63) is 54.2 Å². The van der Waals surface area contributed by atoms with Crippen LogP contribution in [0.25, 0.3) is 0 Å². The molecule has 25 heavy (non-hydrogen) atoms. The summed E-state index contributed by atoms with van der Waals surface area (Å²) in [5.74, 6) is 1.46. The highest BCUT2D eigenvalue weighted by Crippen LogP contribution is 2.25. The molecule has 4 heterocycles. The first-order chi connectivity index (χ1) is 12.3. The standard InChI is InChI=1S/C19H23N3O3/c23-19(10-16-4-1-2-6-20-16)22-12-15-11-21(7-9-25-18(15)14-22)13-17-5-3-8-24-17/h1-6,8,15,18H,7,9-14H2/t15-,18+/m1/s1. The molecule has 1 amide bonds. The number of rotatable bonds is 4. The topological polar surface area (TPSA) is 58.8 Å². The molecule has 2 aliphatic heterocycles. The van der Waals surface area contributed by atoms with Crippen molar-refractivity contribution in [2.45, 2.75) is 19.1 Å². The normalized spacial score (nSPS) is 24.1. The molecule has 2 fully saturated rings. The van der Waals surface area contributed by atoms with Crippen molar-refractivity contribution in [2.75, 3.05) is 32.8 Å². The van der Waals surface area contributed by atoms with Crippen molar-refractivity contribution in [3.8, 4) is 0 Å². The second-order valence-corrected chi connectivity index (χ2v) is 6.78. The molecule has 4 rings (SSSR count). The summed E-state index contributed by atoms with van der Waals surface area (Å²) in [7, 11) is 0. The Morgan fingerprint density at radius 3 is 2.96 bits per heavy atom. The lowest BCUT2D eigenvalue weighted by atomic mass is 10.1. The van der Waals surface area contributed by atoms with Crippen LogP contribution < -0.4 is 0 Å². The minimum absolute atomic E-state index is 0.132. The number of furan rings is 1. The van der Waals surface area contributed by atoms with Crippen molar-refractivity contribution in [2.24, 2.45) is 5.92 Å². The van der Waals surface area contributed by atoms with E-state index in [2.05, 4.69) is 9.88 Å². The molecule has 6 nitrogen and oxygen atoms in total. The molecular formula is C19H23N3O3. The van der Waals surface area contributed by atoms with Crippen LogP contribution in [-0.2, 0) is 22.5 Å². The molecule has 2 aromatic rings. The van der Waals surface area contributed by atoms with Gasteiger partial charge in [0.05, 0.1) is 31.9 Å². The number of ether oxygens (including phenoxy) is 1. The smallest absolute Gasteiger partial charge is 0.228 e. The average molecular weight is 341 g/mol. The summed E-state index contributed by atoms with van der Waals surface area (Å²) >= 11 is 0. The van der Waals surface area contributed by atoms with Crippen LogP contribution in [0, 0.1) is 5.92 Å². The van der Waals surface area contributed by atoms with E-state index < -0.39 is 0 Å². The minimum atomic E-state index is 0.132. The monoisotopic (exact) mass is 341 g/mol. The lowest BCUT2D eigenvalue weighted by Gasteiger charge is -2.22. The number of hydrogen-bond donors (Lipinski definition) is 0. The first-order valence-electron chi connectivity index (χ1n) is 8.82. The van der Waals surface area contributed by atoms with E-state index in [-0.39, 0.29) is 12.0 Å².